The highest BCUT2D eigenvalue weighted by molar-refractivity contribution is 5.73. The molecule has 0 aliphatic heterocycles. The number of hydrogen-bond donors (Lipinski definition) is 2. The summed E-state index contributed by atoms with van der Waals surface area (Å²) in [7, 11) is 0. The first-order chi connectivity index (χ1) is 8.39. The molecule has 0 radical (unpaired) electrons. The smallest absolute Gasteiger partial charge is 0.217 e. The van der Waals surface area contributed by atoms with Gasteiger partial charge in [-0.2, -0.15) is 0 Å². The van der Waals surface area contributed by atoms with Gasteiger partial charge >= 0.3 is 0 Å². The first-order valence-corrected chi connectivity index (χ1v) is 7.38. The quantitative estimate of drug-likeness (QED) is 0.716. The lowest BCUT2D eigenvalue weighted by Gasteiger charge is -2.37. The molecule has 0 aromatic carbocycles. The highest BCUT2D eigenvalue weighted by atomic mass is 16.1. The number of carbonyl (C=O) groups is 1. The van der Waals surface area contributed by atoms with E-state index in [2.05, 4.69) is 26.1 Å². The van der Waals surface area contributed by atoms with Crippen LogP contribution in [-0.4, -0.2) is 19.0 Å². The molecule has 0 heterocycles. The van der Waals surface area contributed by atoms with Crippen LogP contribution in [0.3, 0.4) is 0 Å². The average molecular weight is 254 g/mol. The van der Waals surface area contributed by atoms with Crippen molar-refractivity contribution in [2.75, 3.05) is 13.1 Å². The van der Waals surface area contributed by atoms with Crippen molar-refractivity contribution in [2.24, 2.45) is 23.0 Å². The predicted octanol–water partition coefficient (Wildman–Crippen LogP) is 2.69. The van der Waals surface area contributed by atoms with E-state index in [0.717, 1.165) is 31.3 Å². The highest BCUT2D eigenvalue weighted by Crippen LogP contribution is 2.39. The Kier molecular flexibility index (Phi) is 6.13. The average Bonchev–Trinajstić information content (AvgIpc) is 2.27. The lowest BCUT2D eigenvalue weighted by molar-refractivity contribution is -0.118. The zero-order valence-corrected chi connectivity index (χ0v) is 12.3. The molecule has 1 saturated carbocycles. The second-order valence-electron chi connectivity index (χ2n) is 6.86. The molecule has 0 unspecified atom stereocenters. The zero-order chi connectivity index (χ0) is 13.6. The lowest BCUT2D eigenvalue weighted by atomic mass is 9.70. The van der Waals surface area contributed by atoms with E-state index >= 15 is 0 Å². The van der Waals surface area contributed by atoms with Crippen LogP contribution in [0, 0.1) is 17.3 Å². The van der Waals surface area contributed by atoms with E-state index in [9.17, 15) is 4.79 Å². The Balaban J connectivity index is 2.07. The third-order valence-corrected chi connectivity index (χ3v) is 4.28. The zero-order valence-electron chi connectivity index (χ0n) is 12.3. The number of amides is 1. The van der Waals surface area contributed by atoms with Gasteiger partial charge in [0, 0.05) is 6.42 Å². The second kappa shape index (κ2) is 7.13. The summed E-state index contributed by atoms with van der Waals surface area (Å²) in [5, 5.41) is 3.46. The Morgan fingerprint density at radius 3 is 2.33 bits per heavy atom. The Bertz CT molecular complexity index is 250. The van der Waals surface area contributed by atoms with Crippen molar-refractivity contribution in [1.82, 2.24) is 5.32 Å². The SMILES string of the molecule is CC(C)(C)C1CCC(CNCCCC(N)=O)CC1. The lowest BCUT2D eigenvalue weighted by Crippen LogP contribution is -2.31. The minimum absolute atomic E-state index is 0.192. The summed E-state index contributed by atoms with van der Waals surface area (Å²) >= 11 is 0. The van der Waals surface area contributed by atoms with E-state index in [0.29, 0.717) is 11.8 Å². The maximum absolute atomic E-state index is 10.6. The van der Waals surface area contributed by atoms with Crippen LogP contribution in [-0.2, 0) is 4.79 Å². The minimum Gasteiger partial charge on any atom is -0.370 e. The number of nitrogens with one attached hydrogen (secondary N) is 1. The molecule has 1 rings (SSSR count). The van der Waals surface area contributed by atoms with Gasteiger partial charge in [-0.25, -0.2) is 0 Å². The van der Waals surface area contributed by atoms with Gasteiger partial charge in [-0.3, -0.25) is 4.79 Å². The molecule has 106 valence electrons. The van der Waals surface area contributed by atoms with Crippen molar-refractivity contribution in [3.8, 4) is 0 Å². The van der Waals surface area contributed by atoms with E-state index in [4.69, 9.17) is 5.73 Å². The number of hydrogen-bond acceptors (Lipinski definition) is 2. The summed E-state index contributed by atoms with van der Waals surface area (Å²) in [5.41, 5.74) is 5.58. The van der Waals surface area contributed by atoms with Crippen LogP contribution in [0.1, 0.15) is 59.3 Å². The summed E-state index contributed by atoms with van der Waals surface area (Å²) in [6, 6.07) is 0. The Morgan fingerprint density at radius 2 is 1.83 bits per heavy atom. The monoisotopic (exact) mass is 254 g/mol. The van der Waals surface area contributed by atoms with Crippen molar-refractivity contribution in [3.05, 3.63) is 0 Å². The van der Waals surface area contributed by atoms with Gasteiger partial charge in [-0.15, -0.1) is 0 Å². The first kappa shape index (κ1) is 15.5. The van der Waals surface area contributed by atoms with Gasteiger partial charge in [0.25, 0.3) is 0 Å². The molecular weight excluding hydrogens is 224 g/mol. The summed E-state index contributed by atoms with van der Waals surface area (Å²) in [4.78, 5) is 10.6. The van der Waals surface area contributed by atoms with Gasteiger partial charge < -0.3 is 11.1 Å². The molecular formula is C15H30N2O. The van der Waals surface area contributed by atoms with Crippen LogP contribution in [0.4, 0.5) is 0 Å². The van der Waals surface area contributed by atoms with Crippen molar-refractivity contribution in [1.29, 1.82) is 0 Å². The fourth-order valence-electron chi connectivity index (χ4n) is 2.93. The van der Waals surface area contributed by atoms with Crippen LogP contribution in [0.15, 0.2) is 0 Å². The summed E-state index contributed by atoms with van der Waals surface area (Å²) in [6.45, 7) is 9.11. The Hall–Kier alpha value is -0.570. The normalized spacial score (nSPS) is 25.1. The van der Waals surface area contributed by atoms with Gasteiger partial charge in [0.05, 0.1) is 0 Å². The van der Waals surface area contributed by atoms with E-state index in [1.807, 2.05) is 0 Å². The molecule has 18 heavy (non-hydrogen) atoms. The third kappa shape index (κ3) is 5.85. The van der Waals surface area contributed by atoms with E-state index in [1.54, 1.807) is 0 Å². The predicted molar refractivity (Wildman–Crippen MR) is 76.2 cm³/mol. The fourth-order valence-corrected chi connectivity index (χ4v) is 2.93. The van der Waals surface area contributed by atoms with Crippen LogP contribution >= 0.6 is 0 Å². The number of nitrogens with two attached hydrogens (primary N) is 1. The molecule has 0 saturated heterocycles. The van der Waals surface area contributed by atoms with Gasteiger partial charge in [-0.05, 0) is 62.4 Å². The van der Waals surface area contributed by atoms with Crippen molar-refractivity contribution in [3.63, 3.8) is 0 Å². The van der Waals surface area contributed by atoms with Gasteiger partial charge in [0.15, 0.2) is 0 Å². The van der Waals surface area contributed by atoms with Crippen LogP contribution < -0.4 is 11.1 Å². The second-order valence-corrected chi connectivity index (χ2v) is 6.86. The Labute approximate surface area is 112 Å². The molecule has 0 spiro atoms. The van der Waals surface area contributed by atoms with Crippen molar-refractivity contribution < 1.29 is 4.79 Å². The van der Waals surface area contributed by atoms with Crippen LogP contribution in [0.25, 0.3) is 0 Å². The molecule has 0 atom stereocenters. The molecule has 3 nitrogen and oxygen atoms in total. The molecule has 1 aliphatic carbocycles. The molecule has 1 fully saturated rings. The number of primary amides is 1. The fraction of sp³-hybridized carbons (Fsp3) is 0.933. The van der Waals surface area contributed by atoms with Crippen molar-refractivity contribution >= 4 is 5.91 Å². The summed E-state index contributed by atoms with van der Waals surface area (Å²) in [6.07, 6.45) is 6.82. The van der Waals surface area contributed by atoms with E-state index < -0.39 is 0 Å². The largest absolute Gasteiger partial charge is 0.370 e. The van der Waals surface area contributed by atoms with Crippen molar-refractivity contribution in [2.45, 2.75) is 59.3 Å². The maximum Gasteiger partial charge on any atom is 0.217 e. The van der Waals surface area contributed by atoms with E-state index in [1.165, 1.54) is 25.7 Å². The summed E-state index contributed by atoms with van der Waals surface area (Å²) in [5.74, 6) is 1.53. The third-order valence-electron chi connectivity index (χ3n) is 4.28. The number of carbonyl (C=O) groups excluding carboxylic acids is 1. The molecule has 1 amide bonds. The topological polar surface area (TPSA) is 55.1 Å². The van der Waals surface area contributed by atoms with Gasteiger partial charge in [0.2, 0.25) is 5.91 Å². The molecule has 0 aromatic heterocycles. The van der Waals surface area contributed by atoms with Gasteiger partial charge in [-0.1, -0.05) is 20.8 Å². The van der Waals surface area contributed by atoms with E-state index in [-0.39, 0.29) is 5.91 Å². The molecule has 1 aliphatic rings. The highest BCUT2D eigenvalue weighted by Gasteiger charge is 2.29. The maximum atomic E-state index is 10.6. The summed E-state index contributed by atoms with van der Waals surface area (Å²) < 4.78 is 0. The molecule has 0 aromatic rings. The standard InChI is InChI=1S/C15H30N2O/c1-15(2,3)13-8-6-12(7-9-13)11-17-10-4-5-14(16)18/h12-13,17H,4-11H2,1-3H3,(H2,16,18). The Morgan fingerprint density at radius 1 is 1.22 bits per heavy atom. The first-order valence-electron chi connectivity index (χ1n) is 7.38. The molecule has 3 N–H and O–H groups in total. The number of rotatable bonds is 6. The van der Waals surface area contributed by atoms with Crippen LogP contribution in [0.2, 0.25) is 0 Å². The van der Waals surface area contributed by atoms with Gasteiger partial charge in [0.1, 0.15) is 0 Å². The van der Waals surface area contributed by atoms with Crippen LogP contribution in [0.5, 0.6) is 0 Å². The molecule has 0 bridgehead atoms. The molecule has 3 heteroatoms. The minimum atomic E-state index is -0.192.